The average molecular weight is 229 g/mol. The smallest absolute Gasteiger partial charge is 0.318 e. The number of rotatable bonds is 2. The average Bonchev–Trinajstić information content (AvgIpc) is 2.13. The van der Waals surface area contributed by atoms with Crippen molar-refractivity contribution in [1.82, 2.24) is 10.2 Å². The second-order valence-electron chi connectivity index (χ2n) is 4.61. The Labute approximate surface area is 95.1 Å². The van der Waals surface area contributed by atoms with Crippen LogP contribution in [0.15, 0.2) is 0 Å². The van der Waals surface area contributed by atoms with Crippen LogP contribution in [-0.2, 0) is 9.53 Å². The van der Waals surface area contributed by atoms with E-state index in [-0.39, 0.29) is 17.6 Å². The third-order valence-corrected chi connectivity index (χ3v) is 2.63. The van der Waals surface area contributed by atoms with Gasteiger partial charge in [0.2, 0.25) is 5.91 Å². The summed E-state index contributed by atoms with van der Waals surface area (Å²) in [6, 6.07) is -1.19. The van der Waals surface area contributed by atoms with Crippen LogP contribution in [0, 0.1) is 0 Å². The molecule has 6 nitrogen and oxygen atoms in total. The molecular weight excluding hydrogens is 210 g/mol. The fraction of sp³-hybridized carbons (Fsp3) is 0.800. The largest absolute Gasteiger partial charge is 0.373 e. The van der Waals surface area contributed by atoms with E-state index in [2.05, 4.69) is 5.32 Å². The molecule has 0 aromatic carbocycles. The van der Waals surface area contributed by atoms with Crippen LogP contribution in [0.5, 0.6) is 0 Å². The number of primary amides is 1. The zero-order valence-electron chi connectivity index (χ0n) is 9.95. The van der Waals surface area contributed by atoms with Crippen molar-refractivity contribution < 1.29 is 14.3 Å². The highest BCUT2D eigenvalue weighted by Crippen LogP contribution is 2.18. The highest BCUT2D eigenvalue weighted by atomic mass is 16.5. The van der Waals surface area contributed by atoms with Gasteiger partial charge in [0.05, 0.1) is 18.2 Å². The van der Waals surface area contributed by atoms with Crippen LogP contribution in [0.1, 0.15) is 20.8 Å². The third kappa shape index (κ3) is 3.46. The molecule has 1 fully saturated rings. The Morgan fingerprint density at radius 1 is 1.50 bits per heavy atom. The second-order valence-corrected chi connectivity index (χ2v) is 4.61. The molecule has 0 aromatic rings. The molecule has 92 valence electrons. The van der Waals surface area contributed by atoms with Crippen LogP contribution < -0.4 is 11.1 Å². The van der Waals surface area contributed by atoms with Gasteiger partial charge in [-0.15, -0.1) is 0 Å². The first kappa shape index (κ1) is 12.9. The number of ether oxygens (including phenoxy) is 1. The van der Waals surface area contributed by atoms with Crippen LogP contribution in [0.3, 0.4) is 0 Å². The van der Waals surface area contributed by atoms with Crippen LogP contribution in [0.2, 0.25) is 0 Å². The lowest BCUT2D eigenvalue weighted by atomic mass is 10.1. The van der Waals surface area contributed by atoms with Crippen molar-refractivity contribution in [2.45, 2.75) is 32.4 Å². The first-order chi connectivity index (χ1) is 7.32. The number of hydrogen-bond acceptors (Lipinski definition) is 4. The normalized spacial score (nSPS) is 22.4. The zero-order chi connectivity index (χ0) is 12.3. The summed E-state index contributed by atoms with van der Waals surface area (Å²) in [5.41, 5.74) is 4.64. The van der Waals surface area contributed by atoms with E-state index in [0.29, 0.717) is 19.7 Å². The molecule has 1 atom stereocenters. The molecule has 0 radical (unpaired) electrons. The molecule has 1 unspecified atom stereocenters. The fourth-order valence-corrected chi connectivity index (χ4v) is 1.78. The Kier molecular flexibility index (Phi) is 3.88. The molecule has 1 aliphatic heterocycles. The van der Waals surface area contributed by atoms with Gasteiger partial charge in [0, 0.05) is 13.1 Å². The van der Waals surface area contributed by atoms with Crippen molar-refractivity contribution in [2.75, 3.05) is 19.7 Å². The monoisotopic (exact) mass is 229 g/mol. The van der Waals surface area contributed by atoms with Gasteiger partial charge < -0.3 is 10.5 Å². The number of nitrogens with one attached hydrogen (secondary N) is 1. The van der Waals surface area contributed by atoms with Gasteiger partial charge in [0.15, 0.2) is 0 Å². The maximum Gasteiger partial charge on any atom is 0.318 e. The lowest BCUT2D eigenvalue weighted by Crippen LogP contribution is -2.56. The topological polar surface area (TPSA) is 84.7 Å². The Bertz CT molecular complexity index is 291. The molecule has 0 aromatic heterocycles. The minimum Gasteiger partial charge on any atom is -0.373 e. The molecule has 6 heteroatoms. The molecule has 1 aliphatic rings. The van der Waals surface area contributed by atoms with E-state index in [0.717, 1.165) is 0 Å². The highest BCUT2D eigenvalue weighted by molar-refractivity contribution is 5.96. The van der Waals surface area contributed by atoms with Crippen LogP contribution in [-0.4, -0.2) is 48.2 Å². The van der Waals surface area contributed by atoms with Crippen molar-refractivity contribution in [3.8, 4) is 0 Å². The lowest BCUT2D eigenvalue weighted by Gasteiger charge is -2.40. The molecule has 0 bridgehead atoms. The third-order valence-electron chi connectivity index (χ3n) is 2.63. The molecule has 16 heavy (non-hydrogen) atoms. The minimum absolute atomic E-state index is 0.264. The summed E-state index contributed by atoms with van der Waals surface area (Å²) >= 11 is 0. The molecule has 1 saturated heterocycles. The fourth-order valence-electron chi connectivity index (χ4n) is 1.78. The van der Waals surface area contributed by atoms with E-state index in [4.69, 9.17) is 10.5 Å². The standard InChI is InChI=1S/C10H19N3O3/c1-7(8(14)12-9(11)15)13-4-5-16-10(2,3)6-13/h7H,4-6H2,1-3H3,(H3,11,12,14,15). The Balaban J connectivity index is 2.56. The van der Waals surface area contributed by atoms with Crippen molar-refractivity contribution >= 4 is 11.9 Å². The van der Waals surface area contributed by atoms with Gasteiger partial charge in [-0.2, -0.15) is 0 Å². The molecule has 3 N–H and O–H groups in total. The number of nitrogens with zero attached hydrogens (tertiary/aromatic N) is 1. The summed E-state index contributed by atoms with van der Waals surface area (Å²) in [6.45, 7) is 7.60. The lowest BCUT2D eigenvalue weighted by molar-refractivity contribution is -0.132. The van der Waals surface area contributed by atoms with Gasteiger partial charge in [-0.25, -0.2) is 4.79 Å². The van der Waals surface area contributed by atoms with Crippen LogP contribution in [0.25, 0.3) is 0 Å². The van der Waals surface area contributed by atoms with E-state index in [1.165, 1.54) is 0 Å². The number of carbonyl (C=O) groups is 2. The summed E-state index contributed by atoms with van der Waals surface area (Å²) in [7, 11) is 0. The molecule has 3 amide bonds. The van der Waals surface area contributed by atoms with Crippen molar-refractivity contribution in [1.29, 1.82) is 0 Å². The highest BCUT2D eigenvalue weighted by Gasteiger charge is 2.32. The molecule has 0 spiro atoms. The maximum absolute atomic E-state index is 11.6. The Morgan fingerprint density at radius 3 is 2.62 bits per heavy atom. The number of nitrogens with two attached hydrogens (primary N) is 1. The summed E-state index contributed by atoms with van der Waals surface area (Å²) < 4.78 is 5.54. The van der Waals surface area contributed by atoms with Gasteiger partial charge >= 0.3 is 6.03 Å². The number of amides is 3. The summed E-state index contributed by atoms with van der Waals surface area (Å²) in [4.78, 5) is 24.1. The molecule has 1 rings (SSSR count). The maximum atomic E-state index is 11.6. The zero-order valence-corrected chi connectivity index (χ0v) is 9.95. The molecule has 0 saturated carbocycles. The van der Waals surface area contributed by atoms with Crippen molar-refractivity contribution in [3.63, 3.8) is 0 Å². The Morgan fingerprint density at radius 2 is 2.12 bits per heavy atom. The predicted octanol–water partition coefficient (Wildman–Crippen LogP) is -0.319. The Hall–Kier alpha value is -1.14. The van der Waals surface area contributed by atoms with Crippen LogP contribution in [0.4, 0.5) is 4.79 Å². The van der Waals surface area contributed by atoms with Gasteiger partial charge in [0.25, 0.3) is 0 Å². The van der Waals surface area contributed by atoms with Crippen LogP contribution >= 0.6 is 0 Å². The number of morpholine rings is 1. The first-order valence-electron chi connectivity index (χ1n) is 5.30. The van der Waals surface area contributed by atoms with Gasteiger partial charge in [-0.1, -0.05) is 0 Å². The van der Waals surface area contributed by atoms with E-state index < -0.39 is 6.03 Å². The molecule has 1 heterocycles. The summed E-state index contributed by atoms with van der Waals surface area (Å²) in [5, 5.41) is 2.08. The van der Waals surface area contributed by atoms with Crippen molar-refractivity contribution in [3.05, 3.63) is 0 Å². The SMILES string of the molecule is CC(C(=O)NC(N)=O)N1CCOC(C)(C)C1. The summed E-state index contributed by atoms with van der Waals surface area (Å²) in [6.07, 6.45) is 0. The van der Waals surface area contributed by atoms with Crippen molar-refractivity contribution in [2.24, 2.45) is 5.73 Å². The first-order valence-corrected chi connectivity index (χ1v) is 5.30. The van der Waals surface area contributed by atoms with E-state index >= 15 is 0 Å². The quantitative estimate of drug-likeness (QED) is 0.679. The number of imide groups is 1. The number of urea groups is 1. The number of hydrogen-bond donors (Lipinski definition) is 2. The summed E-state index contributed by atoms with van der Waals surface area (Å²) in [5.74, 6) is -0.370. The van der Waals surface area contributed by atoms with Gasteiger partial charge in [-0.3, -0.25) is 15.0 Å². The van der Waals surface area contributed by atoms with E-state index in [1.807, 2.05) is 18.7 Å². The number of carbonyl (C=O) groups excluding carboxylic acids is 2. The molecular formula is C10H19N3O3. The van der Waals surface area contributed by atoms with E-state index in [1.54, 1.807) is 6.92 Å². The second kappa shape index (κ2) is 4.80. The molecule has 0 aliphatic carbocycles. The predicted molar refractivity (Wildman–Crippen MR) is 58.8 cm³/mol. The van der Waals surface area contributed by atoms with Gasteiger partial charge in [-0.05, 0) is 20.8 Å². The van der Waals surface area contributed by atoms with E-state index in [9.17, 15) is 9.59 Å². The van der Waals surface area contributed by atoms with Gasteiger partial charge in [0.1, 0.15) is 0 Å². The minimum atomic E-state index is -0.815.